The van der Waals surface area contributed by atoms with Crippen LogP contribution in [-0.4, -0.2) is 69.2 Å². The number of likely N-dealkylation sites (tertiary alicyclic amines) is 2. The quantitative estimate of drug-likeness (QED) is 0.894. The third-order valence-electron chi connectivity index (χ3n) is 5.09. The molecular formula is C16H26N4O2. The molecule has 122 valence electrons. The van der Waals surface area contributed by atoms with Crippen molar-refractivity contribution in [2.75, 3.05) is 32.8 Å². The number of nitrogens with zero attached hydrogens (tertiary/aromatic N) is 4. The van der Waals surface area contributed by atoms with Crippen molar-refractivity contribution in [3.05, 3.63) is 18.2 Å². The van der Waals surface area contributed by atoms with Crippen LogP contribution in [0.5, 0.6) is 0 Å². The van der Waals surface area contributed by atoms with Gasteiger partial charge in [-0.15, -0.1) is 0 Å². The number of aryl methyl sites for hydroxylation is 1. The molecule has 0 aliphatic carbocycles. The zero-order chi connectivity index (χ0) is 15.5. The van der Waals surface area contributed by atoms with E-state index in [1.807, 2.05) is 18.1 Å². The summed E-state index contributed by atoms with van der Waals surface area (Å²) < 4.78 is 1.78. The Labute approximate surface area is 131 Å². The molecule has 1 unspecified atom stereocenters. The summed E-state index contributed by atoms with van der Waals surface area (Å²) >= 11 is 0. The van der Waals surface area contributed by atoms with E-state index in [1.54, 1.807) is 10.8 Å². The fraction of sp³-hybridized carbons (Fsp3) is 0.750. The highest BCUT2D eigenvalue weighted by molar-refractivity contribution is 5.90. The van der Waals surface area contributed by atoms with Gasteiger partial charge in [-0.3, -0.25) is 9.69 Å². The van der Waals surface area contributed by atoms with Gasteiger partial charge < -0.3 is 14.6 Å². The standard InChI is InChI=1S/C16H26N4O2/c1-18-10-6-17-15(18)16(22)19-8-4-14(5-9-19)20-7-2-3-13(11-20)12-21/h6,10,13-14,21H,2-5,7-9,11-12H2,1H3. The maximum absolute atomic E-state index is 12.5. The number of aromatic nitrogens is 2. The van der Waals surface area contributed by atoms with Crippen LogP contribution >= 0.6 is 0 Å². The van der Waals surface area contributed by atoms with Gasteiger partial charge in [0, 0.05) is 51.7 Å². The Morgan fingerprint density at radius 3 is 2.73 bits per heavy atom. The van der Waals surface area contributed by atoms with Crippen LogP contribution < -0.4 is 0 Å². The molecule has 0 spiro atoms. The predicted molar refractivity (Wildman–Crippen MR) is 83.5 cm³/mol. The highest BCUT2D eigenvalue weighted by Gasteiger charge is 2.31. The maximum atomic E-state index is 12.5. The number of carbonyl (C=O) groups is 1. The summed E-state index contributed by atoms with van der Waals surface area (Å²) in [5.74, 6) is 0.996. The smallest absolute Gasteiger partial charge is 0.289 e. The molecule has 2 aliphatic heterocycles. The van der Waals surface area contributed by atoms with Gasteiger partial charge in [0.15, 0.2) is 5.82 Å². The molecule has 6 heteroatoms. The Hall–Kier alpha value is -1.40. The molecule has 2 saturated heterocycles. The van der Waals surface area contributed by atoms with Gasteiger partial charge in [0.2, 0.25) is 0 Å². The average molecular weight is 306 g/mol. The molecule has 2 fully saturated rings. The molecule has 1 amide bonds. The van der Waals surface area contributed by atoms with Crippen molar-refractivity contribution in [1.82, 2.24) is 19.4 Å². The van der Waals surface area contributed by atoms with Gasteiger partial charge in [-0.25, -0.2) is 4.98 Å². The molecule has 0 saturated carbocycles. The van der Waals surface area contributed by atoms with Gasteiger partial charge in [-0.2, -0.15) is 0 Å². The zero-order valence-corrected chi connectivity index (χ0v) is 13.3. The van der Waals surface area contributed by atoms with E-state index in [0.717, 1.165) is 45.4 Å². The molecule has 1 aromatic rings. The second kappa shape index (κ2) is 6.79. The van der Waals surface area contributed by atoms with E-state index in [2.05, 4.69) is 9.88 Å². The third kappa shape index (κ3) is 3.17. The van der Waals surface area contributed by atoms with Crippen LogP contribution in [-0.2, 0) is 7.05 Å². The van der Waals surface area contributed by atoms with E-state index < -0.39 is 0 Å². The Morgan fingerprint density at radius 2 is 2.09 bits per heavy atom. The summed E-state index contributed by atoms with van der Waals surface area (Å²) in [7, 11) is 1.86. The van der Waals surface area contributed by atoms with Gasteiger partial charge in [0.25, 0.3) is 5.91 Å². The van der Waals surface area contributed by atoms with Crippen molar-refractivity contribution in [2.45, 2.75) is 31.7 Å². The number of imidazole rings is 1. The number of carbonyl (C=O) groups excluding carboxylic acids is 1. The highest BCUT2D eigenvalue weighted by atomic mass is 16.3. The number of hydrogen-bond donors (Lipinski definition) is 1. The summed E-state index contributed by atoms with van der Waals surface area (Å²) in [5.41, 5.74) is 0. The minimum atomic E-state index is 0.0397. The van der Waals surface area contributed by atoms with Crippen molar-refractivity contribution >= 4 is 5.91 Å². The average Bonchev–Trinajstić information content (AvgIpc) is 3.00. The lowest BCUT2D eigenvalue weighted by Gasteiger charge is -2.42. The summed E-state index contributed by atoms with van der Waals surface area (Å²) in [4.78, 5) is 21.1. The van der Waals surface area contributed by atoms with E-state index in [4.69, 9.17) is 0 Å². The summed E-state index contributed by atoms with van der Waals surface area (Å²) in [5, 5.41) is 9.36. The van der Waals surface area contributed by atoms with E-state index in [0.29, 0.717) is 24.4 Å². The van der Waals surface area contributed by atoms with E-state index >= 15 is 0 Å². The lowest BCUT2D eigenvalue weighted by molar-refractivity contribution is 0.0446. The maximum Gasteiger partial charge on any atom is 0.289 e. The molecular weight excluding hydrogens is 280 g/mol. The first-order valence-corrected chi connectivity index (χ1v) is 8.30. The van der Waals surface area contributed by atoms with Gasteiger partial charge in [-0.1, -0.05) is 0 Å². The number of hydrogen-bond acceptors (Lipinski definition) is 4. The van der Waals surface area contributed by atoms with Gasteiger partial charge >= 0.3 is 0 Å². The SMILES string of the molecule is Cn1ccnc1C(=O)N1CCC(N2CCCC(CO)C2)CC1. The molecule has 1 N–H and O–H groups in total. The summed E-state index contributed by atoms with van der Waals surface area (Å²) in [6, 6.07) is 0.555. The number of amides is 1. The van der Waals surface area contributed by atoms with Crippen LogP contribution in [0.2, 0.25) is 0 Å². The van der Waals surface area contributed by atoms with E-state index in [-0.39, 0.29) is 5.91 Å². The fourth-order valence-electron chi connectivity index (χ4n) is 3.73. The highest BCUT2D eigenvalue weighted by Crippen LogP contribution is 2.24. The largest absolute Gasteiger partial charge is 0.396 e. The minimum Gasteiger partial charge on any atom is -0.396 e. The van der Waals surface area contributed by atoms with Crippen molar-refractivity contribution in [3.8, 4) is 0 Å². The Morgan fingerprint density at radius 1 is 1.32 bits per heavy atom. The molecule has 3 heterocycles. The number of rotatable bonds is 3. The monoisotopic (exact) mass is 306 g/mol. The normalized spacial score (nSPS) is 24.6. The molecule has 0 radical (unpaired) electrons. The van der Waals surface area contributed by atoms with Gasteiger partial charge in [0.05, 0.1) is 0 Å². The number of piperidine rings is 2. The predicted octanol–water partition coefficient (Wildman–Crippen LogP) is 0.729. The van der Waals surface area contributed by atoms with Crippen LogP contribution in [0.4, 0.5) is 0 Å². The van der Waals surface area contributed by atoms with Crippen molar-refractivity contribution < 1.29 is 9.90 Å². The van der Waals surface area contributed by atoms with Crippen LogP contribution in [0.25, 0.3) is 0 Å². The number of aliphatic hydroxyl groups excluding tert-OH is 1. The molecule has 22 heavy (non-hydrogen) atoms. The summed E-state index contributed by atoms with van der Waals surface area (Å²) in [6.07, 6.45) is 7.84. The molecule has 1 atom stereocenters. The van der Waals surface area contributed by atoms with Crippen molar-refractivity contribution in [2.24, 2.45) is 13.0 Å². The van der Waals surface area contributed by atoms with Crippen LogP contribution in [0, 0.1) is 5.92 Å². The van der Waals surface area contributed by atoms with E-state index in [1.165, 1.54) is 6.42 Å². The van der Waals surface area contributed by atoms with Crippen LogP contribution in [0.15, 0.2) is 12.4 Å². The fourth-order valence-corrected chi connectivity index (χ4v) is 3.73. The molecule has 0 aromatic carbocycles. The molecule has 3 rings (SSSR count). The van der Waals surface area contributed by atoms with Crippen molar-refractivity contribution in [1.29, 1.82) is 0 Å². The summed E-state index contributed by atoms with van der Waals surface area (Å²) in [6.45, 7) is 4.04. The Bertz CT molecular complexity index is 508. The zero-order valence-electron chi connectivity index (χ0n) is 13.3. The van der Waals surface area contributed by atoms with Gasteiger partial charge in [-0.05, 0) is 38.1 Å². The van der Waals surface area contributed by atoms with Crippen LogP contribution in [0.1, 0.15) is 36.3 Å². The van der Waals surface area contributed by atoms with Gasteiger partial charge in [0.1, 0.15) is 0 Å². The van der Waals surface area contributed by atoms with E-state index in [9.17, 15) is 9.90 Å². The second-order valence-corrected chi connectivity index (χ2v) is 6.57. The Balaban J connectivity index is 1.54. The molecule has 0 bridgehead atoms. The first kappa shape index (κ1) is 15.5. The lowest BCUT2D eigenvalue weighted by Crippen LogP contribution is -2.50. The molecule has 6 nitrogen and oxygen atoms in total. The second-order valence-electron chi connectivity index (χ2n) is 6.57. The third-order valence-corrected chi connectivity index (χ3v) is 5.09. The molecule has 1 aromatic heterocycles. The lowest BCUT2D eigenvalue weighted by atomic mass is 9.94. The molecule has 2 aliphatic rings. The first-order chi connectivity index (χ1) is 10.7. The Kier molecular flexibility index (Phi) is 4.78. The minimum absolute atomic E-state index is 0.0397. The van der Waals surface area contributed by atoms with Crippen LogP contribution in [0.3, 0.4) is 0 Å². The first-order valence-electron chi connectivity index (χ1n) is 8.30. The number of aliphatic hydroxyl groups is 1. The topological polar surface area (TPSA) is 61.6 Å². The van der Waals surface area contributed by atoms with Crippen molar-refractivity contribution in [3.63, 3.8) is 0 Å².